The molecule has 2 rings (SSSR count). The molecule has 1 heterocycles. The second kappa shape index (κ2) is 9.80. The number of amides is 1. The molecule has 0 spiro atoms. The van der Waals surface area contributed by atoms with Crippen LogP contribution in [-0.2, 0) is 19.1 Å². The molecule has 0 aliphatic carbocycles. The molecular formula is C20H25N3O5. The number of Topliss-reactive ketones (excluding diaryl/α,β-unsaturated/α-hetero) is 1. The van der Waals surface area contributed by atoms with Gasteiger partial charge < -0.3 is 14.4 Å². The molecule has 0 radical (unpaired) electrons. The summed E-state index contributed by atoms with van der Waals surface area (Å²) in [5.74, 6) is -2.07. The van der Waals surface area contributed by atoms with Crippen molar-refractivity contribution >= 4 is 17.7 Å². The van der Waals surface area contributed by atoms with Gasteiger partial charge in [-0.05, 0) is 32.9 Å². The van der Waals surface area contributed by atoms with E-state index in [2.05, 4.69) is 5.10 Å². The molecule has 0 fully saturated rings. The lowest BCUT2D eigenvalue weighted by Gasteiger charge is -2.20. The van der Waals surface area contributed by atoms with E-state index in [0.717, 1.165) is 10.6 Å². The van der Waals surface area contributed by atoms with Gasteiger partial charge in [0.15, 0.2) is 0 Å². The number of para-hydroxylation sites is 1. The van der Waals surface area contributed by atoms with Gasteiger partial charge in [0.1, 0.15) is 6.54 Å². The van der Waals surface area contributed by atoms with Crippen molar-refractivity contribution < 1.29 is 23.9 Å². The summed E-state index contributed by atoms with van der Waals surface area (Å²) in [7, 11) is 1.48. The number of aryl methyl sites for hydroxylation is 1. The number of methoxy groups -OCH3 is 1. The Balaban J connectivity index is 2.30. The lowest BCUT2D eigenvalue weighted by Crippen LogP contribution is -2.42. The minimum Gasteiger partial charge on any atom is -0.465 e. The number of ether oxygens (including phenoxy) is 2. The Bertz CT molecular complexity index is 845. The van der Waals surface area contributed by atoms with Crippen molar-refractivity contribution in [3.63, 3.8) is 0 Å². The van der Waals surface area contributed by atoms with E-state index >= 15 is 0 Å². The Morgan fingerprint density at radius 3 is 2.43 bits per heavy atom. The number of ketones is 1. The zero-order chi connectivity index (χ0) is 20.7. The molecule has 1 amide bonds. The summed E-state index contributed by atoms with van der Waals surface area (Å²) in [5, 5.41) is 4.40. The van der Waals surface area contributed by atoms with Crippen molar-refractivity contribution in [2.75, 3.05) is 33.4 Å². The van der Waals surface area contributed by atoms with Gasteiger partial charge in [-0.15, -0.1) is 0 Å². The zero-order valence-electron chi connectivity index (χ0n) is 16.6. The number of aromatic nitrogens is 2. The van der Waals surface area contributed by atoms with Crippen molar-refractivity contribution in [1.82, 2.24) is 14.7 Å². The number of carbonyl (C=O) groups is 3. The second-order valence-corrected chi connectivity index (χ2v) is 6.15. The summed E-state index contributed by atoms with van der Waals surface area (Å²) in [4.78, 5) is 38.7. The molecule has 150 valence electrons. The van der Waals surface area contributed by atoms with Crippen molar-refractivity contribution in [3.05, 3.63) is 47.3 Å². The maximum atomic E-state index is 12.9. The number of hydrogen-bond donors (Lipinski definition) is 0. The minimum atomic E-state index is -0.788. The Morgan fingerprint density at radius 2 is 1.82 bits per heavy atom. The monoisotopic (exact) mass is 387 g/mol. The Labute approximate surface area is 164 Å². The van der Waals surface area contributed by atoms with Crippen LogP contribution in [0.25, 0.3) is 5.69 Å². The number of benzene rings is 1. The molecule has 2 aromatic rings. The molecule has 0 atom stereocenters. The first-order valence-corrected chi connectivity index (χ1v) is 9.00. The normalized spacial score (nSPS) is 10.6. The molecule has 0 bridgehead atoms. The lowest BCUT2D eigenvalue weighted by molar-refractivity contribution is -0.147. The van der Waals surface area contributed by atoms with Gasteiger partial charge in [0.25, 0.3) is 11.7 Å². The number of carbonyl (C=O) groups excluding carboxylic acids is 3. The summed E-state index contributed by atoms with van der Waals surface area (Å²) >= 11 is 0. The minimum absolute atomic E-state index is 0.102. The molecule has 8 nitrogen and oxygen atoms in total. The highest BCUT2D eigenvalue weighted by atomic mass is 16.5. The second-order valence-electron chi connectivity index (χ2n) is 6.15. The fraction of sp³-hybridized carbons (Fsp3) is 0.400. The topological polar surface area (TPSA) is 90.7 Å². The molecule has 0 aliphatic heterocycles. The Morgan fingerprint density at radius 1 is 1.14 bits per heavy atom. The molecule has 1 aromatic carbocycles. The third kappa shape index (κ3) is 4.83. The third-order valence-electron chi connectivity index (χ3n) is 4.19. The van der Waals surface area contributed by atoms with Gasteiger partial charge in [-0.1, -0.05) is 18.2 Å². The molecular weight excluding hydrogens is 362 g/mol. The van der Waals surface area contributed by atoms with Crippen LogP contribution >= 0.6 is 0 Å². The van der Waals surface area contributed by atoms with Crippen LogP contribution < -0.4 is 0 Å². The Hall–Kier alpha value is -3.00. The SMILES string of the molecule is CCOC(=O)CN(CCOC)C(=O)C(=O)c1c(C)nn(-c2ccccc2)c1C. The maximum absolute atomic E-state index is 12.9. The highest BCUT2D eigenvalue weighted by molar-refractivity contribution is 6.43. The molecule has 0 aliphatic rings. The van der Waals surface area contributed by atoms with Crippen LogP contribution in [0.4, 0.5) is 0 Å². The number of esters is 1. The highest BCUT2D eigenvalue weighted by Gasteiger charge is 2.30. The van der Waals surface area contributed by atoms with Gasteiger partial charge in [-0.3, -0.25) is 14.4 Å². The predicted octanol–water partition coefficient (Wildman–Crippen LogP) is 1.71. The molecule has 0 saturated heterocycles. The summed E-state index contributed by atoms with van der Waals surface area (Å²) in [5.41, 5.74) is 2.03. The number of nitrogens with zero attached hydrogens (tertiary/aromatic N) is 3. The predicted molar refractivity (Wildman–Crippen MR) is 102 cm³/mol. The first kappa shape index (κ1) is 21.3. The van der Waals surface area contributed by atoms with Crippen molar-refractivity contribution in [3.8, 4) is 5.69 Å². The van der Waals surface area contributed by atoms with Gasteiger partial charge in [0, 0.05) is 13.7 Å². The number of rotatable bonds is 9. The van der Waals surface area contributed by atoms with E-state index in [1.807, 2.05) is 30.3 Å². The average Bonchev–Trinajstić information content (AvgIpc) is 2.99. The third-order valence-corrected chi connectivity index (χ3v) is 4.19. The van der Waals surface area contributed by atoms with E-state index < -0.39 is 17.7 Å². The van der Waals surface area contributed by atoms with Crippen LogP contribution in [0.15, 0.2) is 30.3 Å². The molecule has 0 N–H and O–H groups in total. The molecule has 0 saturated carbocycles. The summed E-state index contributed by atoms with van der Waals surface area (Å²) in [6.45, 7) is 5.27. The van der Waals surface area contributed by atoms with Gasteiger partial charge in [0.05, 0.1) is 35.9 Å². The van der Waals surface area contributed by atoms with Crippen LogP contribution in [0, 0.1) is 13.8 Å². The fourth-order valence-electron chi connectivity index (χ4n) is 2.86. The molecule has 28 heavy (non-hydrogen) atoms. The number of hydrogen-bond acceptors (Lipinski definition) is 6. The van der Waals surface area contributed by atoms with Crippen molar-refractivity contribution in [1.29, 1.82) is 0 Å². The van der Waals surface area contributed by atoms with E-state index in [4.69, 9.17) is 9.47 Å². The quantitative estimate of drug-likeness (QED) is 0.370. The van der Waals surface area contributed by atoms with Crippen LogP contribution in [-0.4, -0.2) is 65.8 Å². The summed E-state index contributed by atoms with van der Waals surface area (Å²) in [6, 6.07) is 9.34. The van der Waals surface area contributed by atoms with Crippen LogP contribution in [0.1, 0.15) is 28.7 Å². The largest absolute Gasteiger partial charge is 0.465 e. The first-order chi connectivity index (χ1) is 13.4. The highest BCUT2D eigenvalue weighted by Crippen LogP contribution is 2.19. The summed E-state index contributed by atoms with van der Waals surface area (Å²) in [6.07, 6.45) is 0. The van der Waals surface area contributed by atoms with Gasteiger partial charge in [0.2, 0.25) is 0 Å². The maximum Gasteiger partial charge on any atom is 0.325 e. The van der Waals surface area contributed by atoms with E-state index in [-0.39, 0.29) is 31.9 Å². The van der Waals surface area contributed by atoms with Crippen LogP contribution in [0.5, 0.6) is 0 Å². The molecule has 1 aromatic heterocycles. The Kier molecular flexibility index (Phi) is 7.45. The van der Waals surface area contributed by atoms with Crippen molar-refractivity contribution in [2.45, 2.75) is 20.8 Å². The van der Waals surface area contributed by atoms with Crippen molar-refractivity contribution in [2.24, 2.45) is 0 Å². The standard InChI is InChI=1S/C20H25N3O5/c1-5-28-17(24)13-22(11-12-27-4)20(26)19(25)18-14(2)21-23(15(18)3)16-9-7-6-8-10-16/h6-10H,5,11-13H2,1-4H3. The summed E-state index contributed by atoms with van der Waals surface area (Å²) < 4.78 is 11.5. The lowest BCUT2D eigenvalue weighted by atomic mass is 10.1. The van der Waals surface area contributed by atoms with Gasteiger partial charge in [-0.25, -0.2) is 4.68 Å². The van der Waals surface area contributed by atoms with E-state index in [0.29, 0.717) is 11.4 Å². The van der Waals surface area contributed by atoms with Crippen LogP contribution in [0.2, 0.25) is 0 Å². The average molecular weight is 387 g/mol. The van der Waals surface area contributed by atoms with E-state index in [1.165, 1.54) is 7.11 Å². The fourth-order valence-corrected chi connectivity index (χ4v) is 2.86. The van der Waals surface area contributed by atoms with Gasteiger partial charge >= 0.3 is 5.97 Å². The molecule has 8 heteroatoms. The molecule has 0 unspecified atom stereocenters. The van der Waals surface area contributed by atoms with E-state index in [1.54, 1.807) is 25.5 Å². The smallest absolute Gasteiger partial charge is 0.325 e. The van der Waals surface area contributed by atoms with E-state index in [9.17, 15) is 14.4 Å². The first-order valence-electron chi connectivity index (χ1n) is 9.00. The van der Waals surface area contributed by atoms with Gasteiger partial charge in [-0.2, -0.15) is 5.10 Å². The zero-order valence-corrected chi connectivity index (χ0v) is 16.6. The van der Waals surface area contributed by atoms with Crippen LogP contribution in [0.3, 0.4) is 0 Å².